The fourth-order valence-electron chi connectivity index (χ4n) is 2.05. The zero-order valence-corrected chi connectivity index (χ0v) is 13.1. The molecule has 1 amide bonds. The molecule has 0 radical (unpaired) electrons. The third-order valence-electron chi connectivity index (χ3n) is 3.66. The highest BCUT2D eigenvalue weighted by atomic mass is 16.4. The van der Waals surface area contributed by atoms with Crippen LogP contribution in [0.15, 0.2) is 30.3 Å². The molecule has 1 rings (SSSR count). The van der Waals surface area contributed by atoms with Crippen molar-refractivity contribution < 1.29 is 14.7 Å². The van der Waals surface area contributed by atoms with E-state index in [0.717, 1.165) is 5.56 Å². The number of carbonyl (C=O) groups is 2. The number of carbonyl (C=O) groups excluding carboxylic acids is 1. The highest BCUT2D eigenvalue weighted by Crippen LogP contribution is 2.18. The number of carboxylic acid groups (broad SMARTS) is 1. The molecule has 5 nitrogen and oxygen atoms in total. The summed E-state index contributed by atoms with van der Waals surface area (Å²) in [5, 5.41) is 8.90. The van der Waals surface area contributed by atoms with Crippen LogP contribution in [0.1, 0.15) is 32.4 Å². The molecular formula is C16H24N2O3. The number of benzene rings is 1. The Bertz CT molecular complexity index is 474. The molecule has 0 fully saturated rings. The number of likely N-dealkylation sites (N-methyl/N-ethyl adjacent to an activating group) is 1. The van der Waals surface area contributed by atoms with Crippen LogP contribution in [-0.4, -0.2) is 53.0 Å². The quantitative estimate of drug-likeness (QED) is 0.835. The van der Waals surface area contributed by atoms with Gasteiger partial charge in [0.25, 0.3) is 0 Å². The number of hydrogen-bond acceptors (Lipinski definition) is 3. The molecule has 0 spiro atoms. The largest absolute Gasteiger partial charge is 0.480 e. The van der Waals surface area contributed by atoms with Crippen molar-refractivity contribution in [3.8, 4) is 0 Å². The monoisotopic (exact) mass is 292 g/mol. The van der Waals surface area contributed by atoms with Crippen LogP contribution in [0.4, 0.5) is 0 Å². The lowest BCUT2D eigenvalue weighted by Crippen LogP contribution is -2.44. The van der Waals surface area contributed by atoms with Gasteiger partial charge >= 0.3 is 5.97 Å². The van der Waals surface area contributed by atoms with E-state index in [1.54, 1.807) is 16.8 Å². The second kappa shape index (κ2) is 7.78. The summed E-state index contributed by atoms with van der Waals surface area (Å²) in [5.41, 5.74) is 1.06. The van der Waals surface area contributed by atoms with Gasteiger partial charge in [0.15, 0.2) is 0 Å². The van der Waals surface area contributed by atoms with Crippen molar-refractivity contribution in [3.05, 3.63) is 35.9 Å². The average molecular weight is 292 g/mol. The Morgan fingerprint density at radius 3 is 2.14 bits per heavy atom. The summed E-state index contributed by atoms with van der Waals surface area (Å²) in [5.74, 6) is -1.00. The summed E-state index contributed by atoms with van der Waals surface area (Å²) < 4.78 is 0. The van der Waals surface area contributed by atoms with E-state index in [0.29, 0.717) is 0 Å². The van der Waals surface area contributed by atoms with Crippen LogP contribution in [0.3, 0.4) is 0 Å². The Labute approximate surface area is 126 Å². The lowest BCUT2D eigenvalue weighted by molar-refractivity contribution is -0.140. The maximum absolute atomic E-state index is 12.3. The normalized spacial score (nSPS) is 12.5. The molecule has 0 heterocycles. The van der Waals surface area contributed by atoms with E-state index >= 15 is 0 Å². The molecule has 0 aliphatic heterocycles. The van der Waals surface area contributed by atoms with Crippen LogP contribution in [0, 0.1) is 0 Å². The lowest BCUT2D eigenvalue weighted by atomic mass is 10.1. The molecule has 21 heavy (non-hydrogen) atoms. The van der Waals surface area contributed by atoms with E-state index in [-0.39, 0.29) is 31.1 Å². The molecule has 0 aromatic heterocycles. The van der Waals surface area contributed by atoms with Gasteiger partial charge in [0.05, 0.1) is 19.1 Å². The molecule has 0 bridgehead atoms. The SMILES string of the molecule is CC(C)N(CC(=O)O)CC(=O)N(C)C(C)c1ccccc1. The summed E-state index contributed by atoms with van der Waals surface area (Å²) in [6.07, 6.45) is 0. The van der Waals surface area contributed by atoms with Crippen molar-refractivity contribution in [2.45, 2.75) is 32.9 Å². The summed E-state index contributed by atoms with van der Waals surface area (Å²) in [4.78, 5) is 26.5. The second-order valence-electron chi connectivity index (χ2n) is 5.48. The zero-order valence-electron chi connectivity index (χ0n) is 13.1. The summed E-state index contributed by atoms with van der Waals surface area (Å²) in [7, 11) is 1.75. The molecule has 116 valence electrons. The van der Waals surface area contributed by atoms with Crippen molar-refractivity contribution in [1.29, 1.82) is 0 Å². The molecule has 1 atom stereocenters. The summed E-state index contributed by atoms with van der Waals surface area (Å²) >= 11 is 0. The van der Waals surface area contributed by atoms with Crippen molar-refractivity contribution in [3.63, 3.8) is 0 Å². The van der Waals surface area contributed by atoms with Gasteiger partial charge in [-0.1, -0.05) is 30.3 Å². The van der Waals surface area contributed by atoms with E-state index < -0.39 is 5.97 Å². The van der Waals surface area contributed by atoms with Gasteiger partial charge in [0.1, 0.15) is 0 Å². The van der Waals surface area contributed by atoms with Gasteiger partial charge in [-0.15, -0.1) is 0 Å². The zero-order chi connectivity index (χ0) is 16.0. The van der Waals surface area contributed by atoms with Crippen LogP contribution >= 0.6 is 0 Å². The first-order valence-corrected chi connectivity index (χ1v) is 7.09. The van der Waals surface area contributed by atoms with Crippen molar-refractivity contribution in [1.82, 2.24) is 9.80 Å². The minimum atomic E-state index is -0.921. The second-order valence-corrected chi connectivity index (χ2v) is 5.48. The molecule has 0 aliphatic carbocycles. The predicted molar refractivity (Wildman–Crippen MR) is 82.0 cm³/mol. The molecule has 5 heteroatoms. The van der Waals surface area contributed by atoms with Crippen LogP contribution < -0.4 is 0 Å². The van der Waals surface area contributed by atoms with Gasteiger partial charge in [0.2, 0.25) is 5.91 Å². The van der Waals surface area contributed by atoms with Gasteiger partial charge < -0.3 is 10.0 Å². The van der Waals surface area contributed by atoms with Gasteiger partial charge in [-0.05, 0) is 26.3 Å². The number of nitrogens with zero attached hydrogens (tertiary/aromatic N) is 2. The molecule has 0 saturated heterocycles. The van der Waals surface area contributed by atoms with Crippen LogP contribution in [-0.2, 0) is 9.59 Å². The van der Waals surface area contributed by atoms with Crippen molar-refractivity contribution >= 4 is 11.9 Å². The highest BCUT2D eigenvalue weighted by molar-refractivity contribution is 5.79. The number of amides is 1. The molecule has 1 unspecified atom stereocenters. The fourth-order valence-corrected chi connectivity index (χ4v) is 2.05. The number of hydrogen-bond donors (Lipinski definition) is 1. The number of carboxylic acids is 1. The van der Waals surface area contributed by atoms with Crippen LogP contribution in [0.2, 0.25) is 0 Å². The van der Waals surface area contributed by atoms with E-state index in [9.17, 15) is 9.59 Å². The minimum absolute atomic E-state index is 0.00508. The highest BCUT2D eigenvalue weighted by Gasteiger charge is 2.22. The van der Waals surface area contributed by atoms with E-state index in [1.165, 1.54) is 0 Å². The Morgan fingerprint density at radius 2 is 1.67 bits per heavy atom. The molecule has 1 aromatic carbocycles. The molecule has 0 aliphatic rings. The van der Waals surface area contributed by atoms with Gasteiger partial charge in [-0.3, -0.25) is 14.5 Å². The smallest absolute Gasteiger partial charge is 0.317 e. The average Bonchev–Trinajstić information content (AvgIpc) is 2.45. The van der Waals surface area contributed by atoms with E-state index in [4.69, 9.17) is 5.11 Å². The summed E-state index contributed by atoms with van der Waals surface area (Å²) in [6, 6.07) is 9.73. The number of rotatable bonds is 7. The fraction of sp³-hybridized carbons (Fsp3) is 0.500. The van der Waals surface area contributed by atoms with E-state index in [2.05, 4.69) is 0 Å². The summed E-state index contributed by atoms with van der Waals surface area (Å²) in [6.45, 7) is 5.71. The van der Waals surface area contributed by atoms with Gasteiger partial charge in [-0.25, -0.2) is 0 Å². The Morgan fingerprint density at radius 1 is 1.10 bits per heavy atom. The first-order valence-electron chi connectivity index (χ1n) is 7.09. The first-order chi connectivity index (χ1) is 9.82. The third-order valence-corrected chi connectivity index (χ3v) is 3.66. The maximum Gasteiger partial charge on any atom is 0.317 e. The minimum Gasteiger partial charge on any atom is -0.480 e. The molecule has 1 aromatic rings. The molecule has 0 saturated carbocycles. The van der Waals surface area contributed by atoms with Crippen molar-refractivity contribution in [2.24, 2.45) is 0 Å². The lowest BCUT2D eigenvalue weighted by Gasteiger charge is -2.30. The first kappa shape index (κ1) is 17.2. The van der Waals surface area contributed by atoms with E-state index in [1.807, 2.05) is 51.1 Å². The van der Waals surface area contributed by atoms with Crippen LogP contribution in [0.25, 0.3) is 0 Å². The van der Waals surface area contributed by atoms with Gasteiger partial charge in [-0.2, -0.15) is 0 Å². The Kier molecular flexibility index (Phi) is 6.37. The van der Waals surface area contributed by atoms with Gasteiger partial charge in [0, 0.05) is 13.1 Å². The maximum atomic E-state index is 12.3. The third kappa shape index (κ3) is 5.19. The Balaban J connectivity index is 2.71. The predicted octanol–water partition coefficient (Wildman–Crippen LogP) is 2.00. The standard InChI is InChI=1S/C16H24N2O3/c1-12(2)18(11-16(20)21)10-15(19)17(4)13(3)14-8-6-5-7-9-14/h5-9,12-13H,10-11H2,1-4H3,(H,20,21). The topological polar surface area (TPSA) is 60.9 Å². The van der Waals surface area contributed by atoms with Crippen molar-refractivity contribution in [2.75, 3.05) is 20.1 Å². The van der Waals surface area contributed by atoms with Crippen LogP contribution in [0.5, 0.6) is 0 Å². The molecular weight excluding hydrogens is 268 g/mol. The number of aliphatic carboxylic acids is 1. The Hall–Kier alpha value is -1.88. The molecule has 1 N–H and O–H groups in total.